The van der Waals surface area contributed by atoms with E-state index in [1.807, 2.05) is 12.1 Å². The second kappa shape index (κ2) is 3.90. The predicted octanol–water partition coefficient (Wildman–Crippen LogP) is 1.99. The van der Waals surface area contributed by atoms with Crippen LogP contribution >= 0.6 is 34.2 Å². The highest BCUT2D eigenvalue weighted by atomic mass is 127. The molecule has 0 saturated carbocycles. The standard InChI is InChI=1S/C9H5ClIN3O/c10-7-5-3-4(11)1-2-6(5)13-14-8(7)9(12)15/h1-3H,(H2,12,15). The van der Waals surface area contributed by atoms with Gasteiger partial charge in [0.25, 0.3) is 5.91 Å². The second-order valence-corrected chi connectivity index (χ2v) is 4.51. The third-order valence-corrected chi connectivity index (χ3v) is 2.95. The van der Waals surface area contributed by atoms with E-state index in [2.05, 4.69) is 32.8 Å². The van der Waals surface area contributed by atoms with Crippen molar-refractivity contribution in [2.75, 3.05) is 0 Å². The minimum atomic E-state index is -0.673. The van der Waals surface area contributed by atoms with Crippen LogP contribution in [0.15, 0.2) is 18.2 Å². The summed E-state index contributed by atoms with van der Waals surface area (Å²) in [5, 5.41) is 8.49. The normalized spacial score (nSPS) is 10.5. The molecule has 0 radical (unpaired) electrons. The number of carbonyl (C=O) groups is 1. The van der Waals surface area contributed by atoms with Gasteiger partial charge in [0.2, 0.25) is 0 Å². The fourth-order valence-electron chi connectivity index (χ4n) is 1.20. The molecule has 76 valence electrons. The number of amides is 1. The maximum atomic E-state index is 11.0. The molecule has 0 aliphatic carbocycles. The smallest absolute Gasteiger partial charge is 0.270 e. The fourth-order valence-corrected chi connectivity index (χ4v) is 1.98. The van der Waals surface area contributed by atoms with Gasteiger partial charge in [-0.15, -0.1) is 10.2 Å². The molecule has 1 amide bonds. The van der Waals surface area contributed by atoms with Crippen LogP contribution in [0.25, 0.3) is 10.9 Å². The van der Waals surface area contributed by atoms with Crippen LogP contribution in [0.2, 0.25) is 5.02 Å². The van der Waals surface area contributed by atoms with E-state index in [1.165, 1.54) is 0 Å². The second-order valence-electron chi connectivity index (χ2n) is 2.89. The van der Waals surface area contributed by atoms with Crippen molar-refractivity contribution in [2.24, 2.45) is 5.73 Å². The average Bonchev–Trinajstić information content (AvgIpc) is 2.19. The van der Waals surface area contributed by atoms with Gasteiger partial charge in [0, 0.05) is 8.96 Å². The Hall–Kier alpha value is -0.950. The van der Waals surface area contributed by atoms with Gasteiger partial charge in [-0.25, -0.2) is 0 Å². The van der Waals surface area contributed by atoms with Crippen LogP contribution < -0.4 is 5.73 Å². The lowest BCUT2D eigenvalue weighted by Crippen LogP contribution is -2.14. The van der Waals surface area contributed by atoms with Gasteiger partial charge in [0.15, 0.2) is 5.69 Å². The zero-order valence-electron chi connectivity index (χ0n) is 7.37. The van der Waals surface area contributed by atoms with E-state index in [0.717, 1.165) is 3.57 Å². The Morgan fingerprint density at radius 2 is 2.13 bits per heavy atom. The molecule has 6 heteroatoms. The first-order valence-corrected chi connectivity index (χ1v) is 5.46. The quantitative estimate of drug-likeness (QED) is 0.812. The third-order valence-electron chi connectivity index (χ3n) is 1.89. The maximum absolute atomic E-state index is 11.0. The van der Waals surface area contributed by atoms with E-state index in [1.54, 1.807) is 6.07 Å². The number of benzene rings is 1. The van der Waals surface area contributed by atoms with Crippen molar-refractivity contribution in [1.29, 1.82) is 0 Å². The zero-order valence-corrected chi connectivity index (χ0v) is 10.3. The lowest BCUT2D eigenvalue weighted by molar-refractivity contribution is 0.0995. The Kier molecular flexibility index (Phi) is 2.74. The summed E-state index contributed by atoms with van der Waals surface area (Å²) in [4.78, 5) is 11.0. The summed E-state index contributed by atoms with van der Waals surface area (Å²) in [6.07, 6.45) is 0. The van der Waals surface area contributed by atoms with Crippen LogP contribution in [-0.4, -0.2) is 16.1 Å². The molecular weight excluding hydrogens is 328 g/mol. The molecule has 1 aromatic heterocycles. The molecular formula is C9H5ClIN3O. The van der Waals surface area contributed by atoms with Crippen LogP contribution in [0.3, 0.4) is 0 Å². The topological polar surface area (TPSA) is 68.9 Å². The molecule has 0 saturated heterocycles. The molecule has 0 aliphatic heterocycles. The number of primary amides is 1. The van der Waals surface area contributed by atoms with Crippen LogP contribution in [0.5, 0.6) is 0 Å². The average molecular weight is 334 g/mol. The van der Waals surface area contributed by atoms with Crippen molar-refractivity contribution >= 4 is 51.0 Å². The van der Waals surface area contributed by atoms with E-state index in [0.29, 0.717) is 10.9 Å². The first kappa shape index (κ1) is 10.6. The van der Waals surface area contributed by atoms with Crippen molar-refractivity contribution < 1.29 is 4.79 Å². The highest BCUT2D eigenvalue weighted by Gasteiger charge is 2.13. The summed E-state index contributed by atoms with van der Waals surface area (Å²) in [6, 6.07) is 5.51. The highest BCUT2D eigenvalue weighted by molar-refractivity contribution is 14.1. The van der Waals surface area contributed by atoms with Crippen molar-refractivity contribution in [1.82, 2.24) is 10.2 Å². The summed E-state index contributed by atoms with van der Waals surface area (Å²) >= 11 is 8.15. The number of nitrogens with two attached hydrogens (primary N) is 1. The molecule has 2 rings (SSSR count). The Morgan fingerprint density at radius 3 is 2.80 bits per heavy atom. The molecule has 15 heavy (non-hydrogen) atoms. The number of fused-ring (bicyclic) bond motifs is 1. The van der Waals surface area contributed by atoms with E-state index in [9.17, 15) is 4.79 Å². The zero-order chi connectivity index (χ0) is 11.0. The van der Waals surface area contributed by atoms with Gasteiger partial charge >= 0.3 is 0 Å². The highest BCUT2D eigenvalue weighted by Crippen LogP contribution is 2.25. The third kappa shape index (κ3) is 1.89. The molecule has 0 aliphatic rings. The Morgan fingerprint density at radius 1 is 1.40 bits per heavy atom. The van der Waals surface area contributed by atoms with Gasteiger partial charge in [-0.2, -0.15) is 0 Å². The predicted molar refractivity (Wildman–Crippen MR) is 65.8 cm³/mol. The van der Waals surface area contributed by atoms with Gasteiger partial charge in [0.05, 0.1) is 10.5 Å². The van der Waals surface area contributed by atoms with E-state index >= 15 is 0 Å². The van der Waals surface area contributed by atoms with Crippen molar-refractivity contribution in [3.8, 4) is 0 Å². The van der Waals surface area contributed by atoms with Crippen molar-refractivity contribution in [3.05, 3.63) is 32.5 Å². The summed E-state index contributed by atoms with van der Waals surface area (Å²) in [5.41, 5.74) is 5.77. The van der Waals surface area contributed by atoms with Crippen LogP contribution in [0.1, 0.15) is 10.5 Å². The van der Waals surface area contributed by atoms with E-state index in [4.69, 9.17) is 17.3 Å². The van der Waals surface area contributed by atoms with Crippen LogP contribution in [0, 0.1) is 3.57 Å². The first-order valence-electron chi connectivity index (χ1n) is 4.01. The Labute approximate surface area is 104 Å². The Bertz CT molecular complexity index is 558. The van der Waals surface area contributed by atoms with Gasteiger partial charge in [-0.3, -0.25) is 4.79 Å². The largest absolute Gasteiger partial charge is 0.364 e. The SMILES string of the molecule is NC(=O)c1nnc2ccc(I)cc2c1Cl. The molecule has 0 bridgehead atoms. The minimum absolute atomic E-state index is 0.00571. The van der Waals surface area contributed by atoms with Gasteiger partial charge < -0.3 is 5.73 Å². The van der Waals surface area contributed by atoms with Crippen molar-refractivity contribution in [2.45, 2.75) is 0 Å². The number of halogens is 2. The first-order chi connectivity index (χ1) is 7.09. The molecule has 0 spiro atoms. The summed E-state index contributed by atoms with van der Waals surface area (Å²) in [5.74, 6) is -0.673. The summed E-state index contributed by atoms with van der Waals surface area (Å²) in [7, 11) is 0. The number of aromatic nitrogens is 2. The van der Waals surface area contributed by atoms with Gasteiger partial charge in [0.1, 0.15) is 0 Å². The molecule has 1 aromatic carbocycles. The number of nitrogens with zero attached hydrogens (tertiary/aromatic N) is 2. The number of carbonyl (C=O) groups excluding carboxylic acids is 1. The summed E-state index contributed by atoms with van der Waals surface area (Å²) < 4.78 is 1.01. The summed E-state index contributed by atoms with van der Waals surface area (Å²) in [6.45, 7) is 0. The molecule has 2 aromatic rings. The molecule has 4 nitrogen and oxygen atoms in total. The minimum Gasteiger partial charge on any atom is -0.364 e. The van der Waals surface area contributed by atoms with Gasteiger partial charge in [-0.1, -0.05) is 11.6 Å². The monoisotopic (exact) mass is 333 g/mol. The lowest BCUT2D eigenvalue weighted by Gasteiger charge is -2.02. The molecule has 0 atom stereocenters. The fraction of sp³-hybridized carbons (Fsp3) is 0. The molecule has 1 heterocycles. The number of rotatable bonds is 1. The Balaban J connectivity index is 2.82. The number of hydrogen-bond acceptors (Lipinski definition) is 3. The number of hydrogen-bond donors (Lipinski definition) is 1. The van der Waals surface area contributed by atoms with Crippen LogP contribution in [-0.2, 0) is 0 Å². The van der Waals surface area contributed by atoms with Gasteiger partial charge in [-0.05, 0) is 40.8 Å². The van der Waals surface area contributed by atoms with E-state index < -0.39 is 5.91 Å². The molecule has 0 unspecified atom stereocenters. The lowest BCUT2D eigenvalue weighted by atomic mass is 10.2. The molecule has 2 N–H and O–H groups in total. The van der Waals surface area contributed by atoms with Crippen LogP contribution in [0.4, 0.5) is 0 Å². The van der Waals surface area contributed by atoms with Crippen molar-refractivity contribution in [3.63, 3.8) is 0 Å². The van der Waals surface area contributed by atoms with E-state index in [-0.39, 0.29) is 10.7 Å². The maximum Gasteiger partial charge on any atom is 0.270 e. The molecule has 0 fully saturated rings.